The van der Waals surface area contributed by atoms with E-state index in [0.29, 0.717) is 18.9 Å². The molecule has 20 heavy (non-hydrogen) atoms. The Labute approximate surface area is 119 Å². The normalized spacial score (nSPS) is 12.3. The van der Waals surface area contributed by atoms with E-state index in [-0.39, 0.29) is 11.8 Å². The second-order valence-corrected chi connectivity index (χ2v) is 4.79. The topological polar surface area (TPSA) is 54.6 Å². The van der Waals surface area contributed by atoms with Crippen LogP contribution >= 0.6 is 0 Å². The number of aromatic hydroxyl groups is 1. The van der Waals surface area contributed by atoms with E-state index >= 15 is 0 Å². The standard InChI is InChI=1S/C16H21NO3/c1-4-19-16-9-13(6-7-14(16)18)10-17-12(3)15-8-5-11(2)20-15/h5-9,12,17-18H,4,10H2,1-3H3. The summed E-state index contributed by atoms with van der Waals surface area (Å²) in [5.41, 5.74) is 1.06. The van der Waals surface area contributed by atoms with Crippen LogP contribution in [0.1, 0.15) is 37.0 Å². The molecule has 2 rings (SSSR count). The van der Waals surface area contributed by atoms with Gasteiger partial charge in [0.1, 0.15) is 11.5 Å². The van der Waals surface area contributed by atoms with Crippen LogP contribution in [0.5, 0.6) is 11.5 Å². The molecule has 0 spiro atoms. The summed E-state index contributed by atoms with van der Waals surface area (Å²) < 4.78 is 11.0. The van der Waals surface area contributed by atoms with Crippen molar-refractivity contribution in [1.29, 1.82) is 0 Å². The zero-order valence-electron chi connectivity index (χ0n) is 12.1. The van der Waals surface area contributed by atoms with Gasteiger partial charge in [0.15, 0.2) is 11.5 Å². The summed E-state index contributed by atoms with van der Waals surface area (Å²) in [6, 6.07) is 9.46. The lowest BCUT2D eigenvalue weighted by Gasteiger charge is -2.13. The summed E-state index contributed by atoms with van der Waals surface area (Å²) in [6.45, 7) is 7.10. The van der Waals surface area contributed by atoms with Crippen molar-refractivity contribution in [3.63, 3.8) is 0 Å². The van der Waals surface area contributed by atoms with Crippen molar-refractivity contribution in [2.45, 2.75) is 33.4 Å². The number of benzene rings is 1. The van der Waals surface area contributed by atoms with Crippen molar-refractivity contribution in [3.8, 4) is 11.5 Å². The first-order valence-electron chi connectivity index (χ1n) is 6.84. The van der Waals surface area contributed by atoms with Gasteiger partial charge in [0.2, 0.25) is 0 Å². The molecule has 2 N–H and O–H groups in total. The van der Waals surface area contributed by atoms with E-state index in [4.69, 9.17) is 9.15 Å². The van der Waals surface area contributed by atoms with Crippen molar-refractivity contribution in [2.24, 2.45) is 0 Å². The van der Waals surface area contributed by atoms with E-state index in [0.717, 1.165) is 17.1 Å². The van der Waals surface area contributed by atoms with E-state index in [1.54, 1.807) is 6.07 Å². The van der Waals surface area contributed by atoms with Crippen LogP contribution in [0, 0.1) is 6.92 Å². The Hall–Kier alpha value is -1.94. The zero-order valence-corrected chi connectivity index (χ0v) is 12.1. The fourth-order valence-corrected chi connectivity index (χ4v) is 2.00. The molecule has 4 nitrogen and oxygen atoms in total. The Balaban J connectivity index is 1.98. The number of aryl methyl sites for hydroxylation is 1. The maximum Gasteiger partial charge on any atom is 0.161 e. The second-order valence-electron chi connectivity index (χ2n) is 4.79. The predicted octanol–water partition coefficient (Wildman–Crippen LogP) is 3.54. The van der Waals surface area contributed by atoms with Gasteiger partial charge in [-0.2, -0.15) is 0 Å². The Bertz CT molecular complexity index is 563. The van der Waals surface area contributed by atoms with Crippen molar-refractivity contribution in [2.75, 3.05) is 6.61 Å². The van der Waals surface area contributed by atoms with Gasteiger partial charge in [-0.25, -0.2) is 0 Å². The minimum atomic E-state index is 0.132. The lowest BCUT2D eigenvalue weighted by Crippen LogP contribution is -2.17. The largest absolute Gasteiger partial charge is 0.504 e. The van der Waals surface area contributed by atoms with Crippen LogP contribution in [0.15, 0.2) is 34.7 Å². The predicted molar refractivity (Wildman–Crippen MR) is 78.0 cm³/mol. The number of hydrogen-bond donors (Lipinski definition) is 2. The molecule has 0 amide bonds. The third kappa shape index (κ3) is 3.54. The van der Waals surface area contributed by atoms with E-state index in [1.165, 1.54) is 0 Å². The first-order valence-corrected chi connectivity index (χ1v) is 6.84. The van der Waals surface area contributed by atoms with Gasteiger partial charge >= 0.3 is 0 Å². The van der Waals surface area contributed by atoms with Crippen LogP contribution < -0.4 is 10.1 Å². The van der Waals surface area contributed by atoms with Gasteiger partial charge < -0.3 is 19.6 Å². The number of phenolic OH excluding ortho intramolecular Hbond substituents is 1. The average Bonchev–Trinajstić information content (AvgIpc) is 2.86. The quantitative estimate of drug-likeness (QED) is 0.846. The molecule has 0 saturated carbocycles. The fraction of sp³-hybridized carbons (Fsp3) is 0.375. The van der Waals surface area contributed by atoms with Gasteiger partial charge in [0.25, 0.3) is 0 Å². The average molecular weight is 275 g/mol. The number of rotatable bonds is 6. The molecule has 0 aliphatic rings. The molecule has 0 saturated heterocycles. The number of furan rings is 1. The molecule has 1 unspecified atom stereocenters. The van der Waals surface area contributed by atoms with Crippen LogP contribution in [0.25, 0.3) is 0 Å². The van der Waals surface area contributed by atoms with Gasteiger partial charge in [-0.05, 0) is 50.6 Å². The van der Waals surface area contributed by atoms with E-state index < -0.39 is 0 Å². The number of hydrogen-bond acceptors (Lipinski definition) is 4. The molecule has 4 heteroatoms. The summed E-state index contributed by atoms with van der Waals surface area (Å²) in [4.78, 5) is 0. The summed E-state index contributed by atoms with van der Waals surface area (Å²) in [6.07, 6.45) is 0. The zero-order chi connectivity index (χ0) is 14.5. The highest BCUT2D eigenvalue weighted by Crippen LogP contribution is 2.27. The molecule has 0 fully saturated rings. The molecule has 1 aromatic carbocycles. The number of ether oxygens (including phenoxy) is 1. The first-order chi connectivity index (χ1) is 9.60. The molecule has 1 aromatic heterocycles. The Morgan fingerprint density at radius 1 is 1.30 bits per heavy atom. The molecular weight excluding hydrogens is 254 g/mol. The molecule has 0 radical (unpaired) electrons. The summed E-state index contributed by atoms with van der Waals surface area (Å²) in [5.74, 6) is 2.53. The Morgan fingerprint density at radius 3 is 2.75 bits per heavy atom. The minimum absolute atomic E-state index is 0.132. The molecule has 108 valence electrons. The molecule has 0 aliphatic carbocycles. The summed E-state index contributed by atoms with van der Waals surface area (Å²) in [5, 5.41) is 13.1. The third-order valence-electron chi connectivity index (χ3n) is 3.12. The Kier molecular flexibility index (Phi) is 4.69. The van der Waals surface area contributed by atoms with Crippen molar-refractivity contribution < 1.29 is 14.3 Å². The summed E-state index contributed by atoms with van der Waals surface area (Å²) >= 11 is 0. The van der Waals surface area contributed by atoms with Crippen molar-refractivity contribution in [3.05, 3.63) is 47.4 Å². The van der Waals surface area contributed by atoms with Gasteiger partial charge in [0.05, 0.1) is 12.6 Å². The van der Waals surface area contributed by atoms with Crippen LogP contribution in [-0.4, -0.2) is 11.7 Å². The highest BCUT2D eigenvalue weighted by Gasteiger charge is 2.09. The third-order valence-corrected chi connectivity index (χ3v) is 3.12. The maximum absolute atomic E-state index is 9.66. The Morgan fingerprint density at radius 2 is 2.10 bits per heavy atom. The highest BCUT2D eigenvalue weighted by molar-refractivity contribution is 5.41. The first kappa shape index (κ1) is 14.5. The number of phenols is 1. The van der Waals surface area contributed by atoms with Crippen LogP contribution in [0.4, 0.5) is 0 Å². The highest BCUT2D eigenvalue weighted by atomic mass is 16.5. The van der Waals surface area contributed by atoms with Gasteiger partial charge in [0, 0.05) is 6.54 Å². The molecule has 0 aliphatic heterocycles. The van der Waals surface area contributed by atoms with E-state index in [1.807, 2.05) is 38.1 Å². The maximum atomic E-state index is 9.66. The fourth-order valence-electron chi connectivity index (χ4n) is 2.00. The van der Waals surface area contributed by atoms with Gasteiger partial charge in [-0.1, -0.05) is 6.07 Å². The molecule has 0 bridgehead atoms. The van der Waals surface area contributed by atoms with Gasteiger partial charge in [-0.3, -0.25) is 0 Å². The molecule has 1 heterocycles. The lowest BCUT2D eigenvalue weighted by molar-refractivity contribution is 0.317. The van der Waals surface area contributed by atoms with Gasteiger partial charge in [-0.15, -0.1) is 0 Å². The van der Waals surface area contributed by atoms with Crippen LogP contribution in [0.3, 0.4) is 0 Å². The van der Waals surface area contributed by atoms with Crippen molar-refractivity contribution >= 4 is 0 Å². The second kappa shape index (κ2) is 6.48. The van der Waals surface area contributed by atoms with E-state index in [9.17, 15) is 5.11 Å². The molecule has 2 aromatic rings. The SMILES string of the molecule is CCOc1cc(CNC(C)c2ccc(C)o2)ccc1O. The number of nitrogens with one attached hydrogen (secondary N) is 1. The molecule has 1 atom stereocenters. The monoisotopic (exact) mass is 275 g/mol. The van der Waals surface area contributed by atoms with E-state index in [2.05, 4.69) is 12.2 Å². The lowest BCUT2D eigenvalue weighted by atomic mass is 10.1. The minimum Gasteiger partial charge on any atom is -0.504 e. The summed E-state index contributed by atoms with van der Waals surface area (Å²) in [7, 11) is 0. The smallest absolute Gasteiger partial charge is 0.161 e. The van der Waals surface area contributed by atoms with Crippen molar-refractivity contribution in [1.82, 2.24) is 5.32 Å². The molecular formula is C16H21NO3. The van der Waals surface area contributed by atoms with Crippen LogP contribution in [0.2, 0.25) is 0 Å². The van der Waals surface area contributed by atoms with Crippen LogP contribution in [-0.2, 0) is 6.54 Å².